The molecule has 1 amide bonds. The predicted molar refractivity (Wildman–Crippen MR) is 53.9 cm³/mol. The third-order valence-electron chi connectivity index (χ3n) is 0.988. The van der Waals surface area contributed by atoms with Crippen molar-refractivity contribution in [3.05, 3.63) is 0 Å². The Morgan fingerprint density at radius 1 is 1.54 bits per heavy atom. The summed E-state index contributed by atoms with van der Waals surface area (Å²) in [4.78, 5) is 11.1. The molecule has 0 atom stereocenters. The number of nitrogens with two attached hydrogens (primary N) is 1. The molecule has 0 aliphatic heterocycles. The Balaban J connectivity index is 3.96. The molecule has 76 valence electrons. The van der Waals surface area contributed by atoms with Gasteiger partial charge in [-0.25, -0.2) is 10.2 Å². The SMILES string of the molecule is CN(NC(=O)OC(C)(C)C)C(N)=S. The summed E-state index contributed by atoms with van der Waals surface area (Å²) in [6, 6.07) is 0. The van der Waals surface area contributed by atoms with Crippen LogP contribution in [0.25, 0.3) is 0 Å². The quantitative estimate of drug-likeness (QED) is 0.448. The Bertz CT molecular complexity index is 212. The first-order valence-electron chi connectivity index (χ1n) is 3.75. The van der Waals surface area contributed by atoms with Crippen molar-refractivity contribution in [2.24, 2.45) is 5.73 Å². The highest BCUT2D eigenvalue weighted by molar-refractivity contribution is 7.80. The van der Waals surface area contributed by atoms with Gasteiger partial charge in [-0.15, -0.1) is 0 Å². The van der Waals surface area contributed by atoms with Crippen molar-refractivity contribution in [1.82, 2.24) is 10.4 Å². The van der Waals surface area contributed by atoms with Crippen LogP contribution < -0.4 is 11.2 Å². The molecule has 0 aromatic heterocycles. The second-order valence-electron chi connectivity index (χ2n) is 3.51. The molecular formula is C7H15N3O2S. The molecule has 3 N–H and O–H groups in total. The maximum absolute atomic E-state index is 11.1. The zero-order valence-corrected chi connectivity index (χ0v) is 9.07. The lowest BCUT2D eigenvalue weighted by Crippen LogP contribution is -2.47. The van der Waals surface area contributed by atoms with Gasteiger partial charge in [0, 0.05) is 7.05 Å². The number of carbonyl (C=O) groups excluding carboxylic acids is 1. The lowest BCUT2D eigenvalue weighted by atomic mass is 10.2. The van der Waals surface area contributed by atoms with Crippen LogP contribution in [0.3, 0.4) is 0 Å². The maximum atomic E-state index is 11.1. The fourth-order valence-corrected chi connectivity index (χ4v) is 0.539. The first-order valence-corrected chi connectivity index (χ1v) is 4.16. The van der Waals surface area contributed by atoms with Crippen molar-refractivity contribution < 1.29 is 9.53 Å². The van der Waals surface area contributed by atoms with Crippen molar-refractivity contribution in [1.29, 1.82) is 0 Å². The summed E-state index contributed by atoms with van der Waals surface area (Å²) in [5, 5.41) is 1.29. The lowest BCUT2D eigenvalue weighted by Gasteiger charge is -2.23. The zero-order chi connectivity index (χ0) is 10.6. The molecule has 0 saturated heterocycles. The van der Waals surface area contributed by atoms with Crippen LogP contribution in [0.2, 0.25) is 0 Å². The molecule has 0 radical (unpaired) electrons. The summed E-state index contributed by atoms with van der Waals surface area (Å²) in [5.74, 6) is 0. The topological polar surface area (TPSA) is 67.6 Å². The predicted octanol–water partition coefficient (Wildman–Crippen LogP) is 0.601. The van der Waals surface area contributed by atoms with E-state index in [1.165, 1.54) is 12.1 Å². The van der Waals surface area contributed by atoms with Crippen molar-refractivity contribution in [3.8, 4) is 0 Å². The summed E-state index contributed by atoms with van der Waals surface area (Å²) < 4.78 is 4.95. The van der Waals surface area contributed by atoms with Gasteiger partial charge < -0.3 is 10.5 Å². The number of hydrogen-bond donors (Lipinski definition) is 2. The second-order valence-corrected chi connectivity index (χ2v) is 3.93. The Labute approximate surface area is 83.2 Å². The van der Waals surface area contributed by atoms with Crippen molar-refractivity contribution in [2.75, 3.05) is 7.05 Å². The van der Waals surface area contributed by atoms with E-state index < -0.39 is 11.7 Å². The monoisotopic (exact) mass is 205 g/mol. The van der Waals surface area contributed by atoms with E-state index in [9.17, 15) is 4.79 Å². The van der Waals surface area contributed by atoms with E-state index in [0.717, 1.165) is 0 Å². The van der Waals surface area contributed by atoms with Crippen molar-refractivity contribution in [3.63, 3.8) is 0 Å². The Kier molecular flexibility index (Phi) is 3.93. The lowest BCUT2D eigenvalue weighted by molar-refractivity contribution is 0.0437. The molecule has 0 bridgehead atoms. The minimum atomic E-state index is -0.581. The smallest absolute Gasteiger partial charge is 0.426 e. The van der Waals surface area contributed by atoms with Gasteiger partial charge in [0.2, 0.25) is 0 Å². The van der Waals surface area contributed by atoms with Gasteiger partial charge in [-0.1, -0.05) is 0 Å². The minimum absolute atomic E-state index is 0.0749. The van der Waals surface area contributed by atoms with Crippen molar-refractivity contribution in [2.45, 2.75) is 26.4 Å². The maximum Gasteiger partial charge on any atom is 0.426 e. The van der Waals surface area contributed by atoms with Crippen LogP contribution in [0.15, 0.2) is 0 Å². The van der Waals surface area contributed by atoms with Crippen LogP contribution in [0.1, 0.15) is 20.8 Å². The van der Waals surface area contributed by atoms with E-state index in [2.05, 4.69) is 17.6 Å². The highest BCUT2D eigenvalue weighted by atomic mass is 32.1. The molecule has 13 heavy (non-hydrogen) atoms. The third kappa shape index (κ3) is 6.15. The van der Waals surface area contributed by atoms with Crippen LogP contribution in [0, 0.1) is 0 Å². The van der Waals surface area contributed by atoms with Crippen LogP contribution in [0.5, 0.6) is 0 Å². The van der Waals surface area contributed by atoms with E-state index in [1.807, 2.05) is 0 Å². The highest BCUT2D eigenvalue weighted by Gasteiger charge is 2.17. The van der Waals surface area contributed by atoms with Gasteiger partial charge in [0.1, 0.15) is 5.60 Å². The fourth-order valence-electron chi connectivity index (χ4n) is 0.493. The molecule has 0 rings (SSSR count). The molecule has 0 aliphatic rings. The van der Waals surface area contributed by atoms with Gasteiger partial charge in [-0.3, -0.25) is 5.01 Å². The average molecular weight is 205 g/mol. The molecule has 0 heterocycles. The fraction of sp³-hybridized carbons (Fsp3) is 0.714. The Morgan fingerprint density at radius 2 is 2.00 bits per heavy atom. The largest absolute Gasteiger partial charge is 0.443 e. The van der Waals surface area contributed by atoms with E-state index >= 15 is 0 Å². The van der Waals surface area contributed by atoms with Gasteiger partial charge >= 0.3 is 6.09 Å². The zero-order valence-electron chi connectivity index (χ0n) is 8.25. The number of nitrogens with zero attached hydrogens (tertiary/aromatic N) is 1. The Morgan fingerprint density at radius 3 is 2.31 bits per heavy atom. The number of hydrazine groups is 1. The van der Waals surface area contributed by atoms with Gasteiger partial charge in [0.05, 0.1) is 0 Å². The third-order valence-corrected chi connectivity index (χ3v) is 1.26. The standard InChI is InChI=1S/C7H15N3O2S/c1-7(2,3)12-6(11)9-10(4)5(8)13/h1-4H3,(H2,8,13)(H,9,11). The van der Waals surface area contributed by atoms with Gasteiger partial charge in [0.25, 0.3) is 0 Å². The molecule has 5 nitrogen and oxygen atoms in total. The molecule has 0 aromatic carbocycles. The van der Waals surface area contributed by atoms with E-state index in [0.29, 0.717) is 0 Å². The summed E-state index contributed by atoms with van der Waals surface area (Å²) in [6.07, 6.45) is -0.581. The summed E-state index contributed by atoms with van der Waals surface area (Å²) in [6.45, 7) is 5.31. The number of carbonyl (C=O) groups is 1. The number of amides is 1. The molecular weight excluding hydrogens is 190 g/mol. The number of thiocarbonyl (C=S) groups is 1. The number of ether oxygens (including phenoxy) is 1. The molecule has 0 unspecified atom stereocenters. The van der Waals surface area contributed by atoms with Gasteiger partial charge in [-0.05, 0) is 33.0 Å². The molecule has 6 heteroatoms. The highest BCUT2D eigenvalue weighted by Crippen LogP contribution is 2.06. The first-order chi connectivity index (χ1) is 5.72. The molecule has 0 saturated carbocycles. The normalized spacial score (nSPS) is 10.5. The average Bonchev–Trinajstić information content (AvgIpc) is 1.81. The molecule has 0 spiro atoms. The number of rotatable bonds is 0. The van der Waals surface area contributed by atoms with E-state index in [1.54, 1.807) is 20.8 Å². The van der Waals surface area contributed by atoms with Crippen LogP contribution in [0.4, 0.5) is 4.79 Å². The Hall–Kier alpha value is -1.04. The van der Waals surface area contributed by atoms with Crippen molar-refractivity contribution >= 4 is 23.4 Å². The number of hydrogen-bond acceptors (Lipinski definition) is 3. The first kappa shape index (κ1) is 12.0. The van der Waals surface area contributed by atoms with Crippen LogP contribution in [-0.4, -0.2) is 28.9 Å². The molecule has 0 fully saturated rings. The van der Waals surface area contributed by atoms with Crippen LogP contribution >= 0.6 is 12.2 Å². The minimum Gasteiger partial charge on any atom is -0.443 e. The summed E-state index contributed by atoms with van der Waals surface area (Å²) in [7, 11) is 1.53. The molecule has 0 aliphatic carbocycles. The van der Waals surface area contributed by atoms with E-state index in [4.69, 9.17) is 10.5 Å². The van der Waals surface area contributed by atoms with Gasteiger partial charge in [-0.2, -0.15) is 0 Å². The van der Waals surface area contributed by atoms with Crippen LogP contribution in [-0.2, 0) is 4.74 Å². The number of nitrogens with one attached hydrogen (secondary N) is 1. The summed E-state index contributed by atoms with van der Waals surface area (Å²) >= 11 is 4.61. The van der Waals surface area contributed by atoms with Gasteiger partial charge in [0.15, 0.2) is 5.11 Å². The molecule has 0 aromatic rings. The van der Waals surface area contributed by atoms with E-state index in [-0.39, 0.29) is 5.11 Å². The summed E-state index contributed by atoms with van der Waals surface area (Å²) in [5.41, 5.74) is 7.05. The second kappa shape index (κ2) is 4.27.